The molecule has 0 aliphatic heterocycles. The lowest BCUT2D eigenvalue weighted by Crippen LogP contribution is -2.42. The van der Waals surface area contributed by atoms with Gasteiger partial charge in [-0.25, -0.2) is 0 Å². The second-order valence-corrected chi connectivity index (χ2v) is 5.79. The highest BCUT2D eigenvalue weighted by Gasteiger charge is 2.25. The summed E-state index contributed by atoms with van der Waals surface area (Å²) in [5, 5.41) is 0. The van der Waals surface area contributed by atoms with Crippen LogP contribution in [0.1, 0.15) is 24.3 Å². The second-order valence-electron chi connectivity index (χ2n) is 4.04. The Morgan fingerprint density at radius 3 is 2.65 bits per heavy atom. The minimum absolute atomic E-state index is 0.0231. The highest BCUT2D eigenvalue weighted by molar-refractivity contribution is 7.16. The molecule has 96 valence electrons. The molecule has 1 amide bonds. The Bertz CT molecular complexity index is 383. The molecule has 1 aromatic rings. The van der Waals surface area contributed by atoms with Crippen LogP contribution in [0.5, 0.6) is 0 Å². The lowest BCUT2D eigenvalue weighted by molar-refractivity contribution is -0.119. The molecule has 0 radical (unpaired) electrons. The van der Waals surface area contributed by atoms with Crippen molar-refractivity contribution in [1.82, 2.24) is 4.90 Å². The van der Waals surface area contributed by atoms with Crippen molar-refractivity contribution in [1.29, 1.82) is 0 Å². The molecule has 0 aliphatic rings. The molecule has 1 heterocycles. The molecular weight excluding hydrogens is 258 g/mol. The number of rotatable bonds is 6. The molecule has 0 saturated heterocycles. The van der Waals surface area contributed by atoms with Crippen LogP contribution in [0.2, 0.25) is 4.34 Å². The maximum Gasteiger partial charge on any atom is 0.231 e. The van der Waals surface area contributed by atoms with Crippen molar-refractivity contribution in [3.63, 3.8) is 0 Å². The molecule has 6 heteroatoms. The molecule has 0 aliphatic carbocycles. The van der Waals surface area contributed by atoms with Crippen molar-refractivity contribution < 1.29 is 4.79 Å². The molecule has 4 N–H and O–H groups in total. The van der Waals surface area contributed by atoms with Crippen LogP contribution in [0.4, 0.5) is 0 Å². The number of amides is 1. The Labute approximate surface area is 111 Å². The van der Waals surface area contributed by atoms with Crippen LogP contribution in [-0.2, 0) is 4.79 Å². The Morgan fingerprint density at radius 1 is 1.59 bits per heavy atom. The van der Waals surface area contributed by atoms with Gasteiger partial charge in [0.1, 0.15) is 0 Å². The SMILES string of the molecule is CCC(N)C(c1ccc(Cl)s1)N(C)CC(N)=O. The molecule has 1 aromatic heterocycles. The fraction of sp³-hybridized carbons (Fsp3) is 0.545. The molecule has 2 unspecified atom stereocenters. The van der Waals surface area contributed by atoms with Gasteiger partial charge in [-0.15, -0.1) is 11.3 Å². The number of likely N-dealkylation sites (N-methyl/N-ethyl adjacent to an activating group) is 1. The van der Waals surface area contributed by atoms with E-state index < -0.39 is 0 Å². The van der Waals surface area contributed by atoms with Gasteiger partial charge >= 0.3 is 0 Å². The largest absolute Gasteiger partial charge is 0.369 e. The molecule has 17 heavy (non-hydrogen) atoms. The van der Waals surface area contributed by atoms with Crippen molar-refractivity contribution in [2.24, 2.45) is 11.5 Å². The van der Waals surface area contributed by atoms with E-state index in [-0.39, 0.29) is 24.5 Å². The van der Waals surface area contributed by atoms with Crippen molar-refractivity contribution in [2.75, 3.05) is 13.6 Å². The normalized spacial score (nSPS) is 14.9. The minimum atomic E-state index is -0.358. The van der Waals surface area contributed by atoms with Crippen LogP contribution in [0, 0.1) is 0 Å². The van der Waals surface area contributed by atoms with Crippen molar-refractivity contribution in [3.8, 4) is 0 Å². The highest BCUT2D eigenvalue weighted by Crippen LogP contribution is 2.32. The zero-order valence-corrected chi connectivity index (χ0v) is 11.6. The third-order valence-corrected chi connectivity index (χ3v) is 3.94. The monoisotopic (exact) mass is 275 g/mol. The number of thiophene rings is 1. The topological polar surface area (TPSA) is 72.3 Å². The van der Waals surface area contributed by atoms with Crippen molar-refractivity contribution in [2.45, 2.75) is 25.4 Å². The van der Waals surface area contributed by atoms with Gasteiger partial charge in [-0.1, -0.05) is 18.5 Å². The number of nitrogens with two attached hydrogens (primary N) is 2. The smallest absolute Gasteiger partial charge is 0.231 e. The van der Waals surface area contributed by atoms with Gasteiger partial charge in [0, 0.05) is 10.9 Å². The van der Waals surface area contributed by atoms with Gasteiger partial charge in [0.2, 0.25) is 5.91 Å². The Hall–Kier alpha value is -0.620. The van der Waals surface area contributed by atoms with Gasteiger partial charge in [0.05, 0.1) is 16.9 Å². The fourth-order valence-corrected chi connectivity index (χ4v) is 3.11. The van der Waals surface area contributed by atoms with Gasteiger partial charge in [-0.3, -0.25) is 9.69 Å². The summed E-state index contributed by atoms with van der Waals surface area (Å²) in [7, 11) is 1.85. The minimum Gasteiger partial charge on any atom is -0.369 e. The summed E-state index contributed by atoms with van der Waals surface area (Å²) in [5.41, 5.74) is 11.3. The van der Waals surface area contributed by atoms with E-state index in [2.05, 4.69) is 0 Å². The highest BCUT2D eigenvalue weighted by atomic mass is 35.5. The quantitative estimate of drug-likeness (QED) is 0.828. The van der Waals surface area contributed by atoms with Gasteiger partial charge in [0.15, 0.2) is 0 Å². The predicted molar refractivity (Wildman–Crippen MR) is 72.2 cm³/mol. The third kappa shape index (κ3) is 3.96. The molecule has 0 fully saturated rings. The third-order valence-electron chi connectivity index (χ3n) is 2.64. The summed E-state index contributed by atoms with van der Waals surface area (Å²) in [6, 6.07) is 3.72. The van der Waals surface area contributed by atoms with Crippen LogP contribution in [-0.4, -0.2) is 30.4 Å². The molecule has 0 saturated carbocycles. The molecule has 1 rings (SSSR count). The summed E-state index contributed by atoms with van der Waals surface area (Å²) in [6.45, 7) is 2.21. The van der Waals surface area contributed by atoms with E-state index in [0.717, 1.165) is 15.6 Å². The Balaban J connectivity index is 2.91. The molecule has 2 atom stereocenters. The summed E-state index contributed by atoms with van der Waals surface area (Å²) >= 11 is 7.42. The van der Waals surface area contributed by atoms with Crippen LogP contribution >= 0.6 is 22.9 Å². The Morgan fingerprint density at radius 2 is 2.24 bits per heavy atom. The Kier molecular flexibility index (Phi) is 5.39. The van der Waals surface area contributed by atoms with E-state index in [1.807, 2.05) is 31.0 Å². The summed E-state index contributed by atoms with van der Waals surface area (Å²) in [6.07, 6.45) is 0.823. The number of hydrogen-bond donors (Lipinski definition) is 2. The van der Waals surface area contributed by atoms with Crippen LogP contribution < -0.4 is 11.5 Å². The van der Waals surface area contributed by atoms with Crippen LogP contribution in [0.15, 0.2) is 12.1 Å². The second kappa shape index (κ2) is 6.35. The number of primary amides is 1. The predicted octanol–water partition coefficient (Wildman–Crippen LogP) is 1.60. The van der Waals surface area contributed by atoms with E-state index in [1.54, 1.807) is 0 Å². The zero-order valence-electron chi connectivity index (χ0n) is 10.0. The average Bonchev–Trinajstić information content (AvgIpc) is 2.63. The van der Waals surface area contributed by atoms with Gasteiger partial charge in [-0.05, 0) is 25.6 Å². The standard InChI is InChI=1S/C11H18ClN3OS/c1-3-7(13)11(15(2)6-10(14)16)8-4-5-9(12)17-8/h4-5,7,11H,3,6,13H2,1-2H3,(H2,14,16). The number of nitrogens with zero attached hydrogens (tertiary/aromatic N) is 1. The van der Waals surface area contributed by atoms with E-state index in [1.165, 1.54) is 11.3 Å². The molecule has 0 spiro atoms. The van der Waals surface area contributed by atoms with E-state index >= 15 is 0 Å². The van der Waals surface area contributed by atoms with Gasteiger partial charge < -0.3 is 11.5 Å². The molecule has 0 bridgehead atoms. The summed E-state index contributed by atoms with van der Waals surface area (Å²) in [4.78, 5) is 13.9. The van der Waals surface area contributed by atoms with E-state index in [4.69, 9.17) is 23.1 Å². The first-order valence-electron chi connectivity index (χ1n) is 5.45. The summed E-state index contributed by atoms with van der Waals surface area (Å²) < 4.78 is 0.723. The van der Waals surface area contributed by atoms with Crippen LogP contribution in [0.3, 0.4) is 0 Å². The lowest BCUT2D eigenvalue weighted by atomic mass is 10.0. The fourth-order valence-electron chi connectivity index (χ4n) is 1.81. The van der Waals surface area contributed by atoms with Crippen molar-refractivity contribution >= 4 is 28.8 Å². The molecule has 0 aromatic carbocycles. The number of carbonyl (C=O) groups is 1. The first kappa shape index (κ1) is 14.4. The number of carbonyl (C=O) groups excluding carboxylic acids is 1. The average molecular weight is 276 g/mol. The number of hydrogen-bond acceptors (Lipinski definition) is 4. The maximum absolute atomic E-state index is 11.0. The number of halogens is 1. The summed E-state index contributed by atoms with van der Waals surface area (Å²) in [5.74, 6) is -0.358. The van der Waals surface area contributed by atoms with Gasteiger partial charge in [-0.2, -0.15) is 0 Å². The zero-order chi connectivity index (χ0) is 13.0. The first-order chi connectivity index (χ1) is 7.95. The van der Waals surface area contributed by atoms with E-state index in [0.29, 0.717) is 0 Å². The van der Waals surface area contributed by atoms with Crippen LogP contribution in [0.25, 0.3) is 0 Å². The molecule has 4 nitrogen and oxygen atoms in total. The molecular formula is C11H18ClN3OS. The lowest BCUT2D eigenvalue weighted by Gasteiger charge is -2.30. The first-order valence-corrected chi connectivity index (χ1v) is 6.64. The van der Waals surface area contributed by atoms with Crippen molar-refractivity contribution in [3.05, 3.63) is 21.3 Å². The van der Waals surface area contributed by atoms with E-state index in [9.17, 15) is 4.79 Å². The van der Waals surface area contributed by atoms with Gasteiger partial charge in [0.25, 0.3) is 0 Å². The maximum atomic E-state index is 11.0.